The molecule has 0 radical (unpaired) electrons. The third kappa shape index (κ3) is 6.33. The lowest BCUT2D eigenvalue weighted by Gasteiger charge is -2.36. The fourth-order valence-electron chi connectivity index (χ4n) is 4.09. The third-order valence-corrected chi connectivity index (χ3v) is 7.97. The molecule has 1 aliphatic heterocycles. The molecule has 0 aromatic heterocycles. The molecule has 3 aromatic carbocycles. The lowest BCUT2D eigenvalue weighted by molar-refractivity contribution is 0.0663. The highest BCUT2D eigenvalue weighted by Gasteiger charge is 2.20. The minimum Gasteiger partial charge on any atom is -0.497 e. The van der Waals surface area contributed by atoms with Gasteiger partial charge >= 0.3 is 0 Å². The monoisotopic (exact) mass is 496 g/mol. The summed E-state index contributed by atoms with van der Waals surface area (Å²) >= 11 is 0. The van der Waals surface area contributed by atoms with Gasteiger partial charge in [0.05, 0.1) is 16.9 Å². The lowest BCUT2D eigenvalue weighted by atomic mass is 10.2. The molecule has 0 amide bonds. The van der Waals surface area contributed by atoms with Crippen LogP contribution in [-0.4, -0.2) is 71.0 Å². The number of benzene rings is 3. The average molecular weight is 497 g/mol. The van der Waals surface area contributed by atoms with E-state index in [0.29, 0.717) is 12.3 Å². The van der Waals surface area contributed by atoms with Crippen LogP contribution in [0.15, 0.2) is 82.6 Å². The topological polar surface area (TPSA) is 79.3 Å². The number of aliphatic hydroxyl groups is 1. The van der Waals surface area contributed by atoms with Crippen LogP contribution in [0.2, 0.25) is 0 Å². The van der Waals surface area contributed by atoms with Crippen molar-refractivity contribution in [3.63, 3.8) is 0 Å². The Morgan fingerprint density at radius 1 is 0.829 bits per heavy atom. The molecule has 4 rings (SSSR count). The molecule has 0 aliphatic carbocycles. The maximum absolute atomic E-state index is 12.8. The molecule has 1 heterocycles. The molecule has 1 N–H and O–H groups in total. The van der Waals surface area contributed by atoms with E-state index in [1.165, 1.54) is 17.8 Å². The number of sulfone groups is 1. The fourth-order valence-corrected chi connectivity index (χ4v) is 5.35. The number of rotatable bonds is 9. The number of methoxy groups -OCH3 is 1. The van der Waals surface area contributed by atoms with E-state index in [1.54, 1.807) is 43.5 Å². The number of hydrogen-bond donors (Lipinski definition) is 1. The highest BCUT2D eigenvalue weighted by molar-refractivity contribution is 7.91. The number of aryl methyl sites for hydroxylation is 1. The third-order valence-electron chi connectivity index (χ3n) is 6.19. The summed E-state index contributed by atoms with van der Waals surface area (Å²) in [6.45, 7) is 6.06. The van der Waals surface area contributed by atoms with Gasteiger partial charge in [-0.2, -0.15) is 0 Å². The van der Waals surface area contributed by atoms with Crippen LogP contribution in [0.1, 0.15) is 5.56 Å². The molecule has 1 aliphatic rings. The molecule has 186 valence electrons. The molecule has 1 saturated heterocycles. The second-order valence-electron chi connectivity index (χ2n) is 8.74. The summed E-state index contributed by atoms with van der Waals surface area (Å²) in [7, 11) is -1.91. The van der Waals surface area contributed by atoms with E-state index in [9.17, 15) is 13.5 Å². The Bertz CT molecular complexity index is 1190. The van der Waals surface area contributed by atoms with Gasteiger partial charge in [0.1, 0.15) is 24.2 Å². The SMILES string of the molecule is COc1ccc(N2CCN(CC(O)COc3ccc(S(=O)(=O)c4ccc(C)cc4)cc3)CC2)cc1. The van der Waals surface area contributed by atoms with Crippen LogP contribution in [0.3, 0.4) is 0 Å². The van der Waals surface area contributed by atoms with Crippen LogP contribution in [0.25, 0.3) is 0 Å². The Morgan fingerprint density at radius 3 is 1.94 bits per heavy atom. The van der Waals surface area contributed by atoms with Crippen molar-refractivity contribution in [1.82, 2.24) is 4.90 Å². The quantitative estimate of drug-likeness (QED) is 0.486. The second kappa shape index (κ2) is 11.1. The number of hydrogen-bond acceptors (Lipinski definition) is 7. The van der Waals surface area contributed by atoms with Gasteiger partial charge in [0.15, 0.2) is 0 Å². The molecule has 3 aromatic rings. The summed E-state index contributed by atoms with van der Waals surface area (Å²) in [6.07, 6.45) is -0.640. The van der Waals surface area contributed by atoms with Crippen LogP contribution < -0.4 is 14.4 Å². The summed E-state index contributed by atoms with van der Waals surface area (Å²) in [5.41, 5.74) is 2.17. The number of aliphatic hydroxyl groups excluding tert-OH is 1. The van der Waals surface area contributed by atoms with Crippen molar-refractivity contribution in [3.8, 4) is 11.5 Å². The van der Waals surface area contributed by atoms with E-state index >= 15 is 0 Å². The molecular formula is C27H32N2O5S. The molecule has 35 heavy (non-hydrogen) atoms. The minimum absolute atomic E-state index is 0.142. The van der Waals surface area contributed by atoms with E-state index in [1.807, 2.05) is 19.1 Å². The van der Waals surface area contributed by atoms with Crippen LogP contribution in [0.5, 0.6) is 11.5 Å². The summed E-state index contributed by atoms with van der Waals surface area (Å²) in [5.74, 6) is 1.37. The van der Waals surface area contributed by atoms with Crippen molar-refractivity contribution < 1.29 is 23.0 Å². The molecule has 7 nitrogen and oxygen atoms in total. The van der Waals surface area contributed by atoms with Gasteiger partial charge in [-0.3, -0.25) is 4.90 Å². The zero-order valence-electron chi connectivity index (χ0n) is 20.1. The van der Waals surface area contributed by atoms with E-state index in [4.69, 9.17) is 9.47 Å². The Morgan fingerprint density at radius 2 is 1.37 bits per heavy atom. The zero-order chi connectivity index (χ0) is 24.8. The number of ether oxygens (including phenoxy) is 2. The van der Waals surface area contributed by atoms with Crippen molar-refractivity contribution in [2.45, 2.75) is 22.8 Å². The van der Waals surface area contributed by atoms with E-state index in [0.717, 1.165) is 37.5 Å². The molecule has 0 saturated carbocycles. The van der Waals surface area contributed by atoms with Gasteiger partial charge in [0.2, 0.25) is 9.84 Å². The smallest absolute Gasteiger partial charge is 0.206 e. The largest absolute Gasteiger partial charge is 0.497 e. The van der Waals surface area contributed by atoms with Gasteiger partial charge in [0, 0.05) is 38.4 Å². The molecule has 1 fully saturated rings. The number of nitrogens with zero attached hydrogens (tertiary/aromatic N) is 2. The Labute approximate surface area is 207 Å². The van der Waals surface area contributed by atoms with Gasteiger partial charge in [0.25, 0.3) is 0 Å². The zero-order valence-corrected chi connectivity index (χ0v) is 20.9. The summed E-state index contributed by atoms with van der Waals surface area (Å²) in [6, 6.07) is 21.2. The second-order valence-corrected chi connectivity index (χ2v) is 10.7. The molecule has 1 atom stereocenters. The average Bonchev–Trinajstić information content (AvgIpc) is 2.88. The van der Waals surface area contributed by atoms with Crippen molar-refractivity contribution in [2.75, 3.05) is 51.3 Å². The van der Waals surface area contributed by atoms with Crippen LogP contribution in [-0.2, 0) is 9.84 Å². The van der Waals surface area contributed by atoms with E-state index in [2.05, 4.69) is 21.9 Å². The molecule has 8 heteroatoms. The first-order valence-corrected chi connectivity index (χ1v) is 13.2. The van der Waals surface area contributed by atoms with E-state index in [-0.39, 0.29) is 16.4 Å². The number of piperazine rings is 1. The number of β-amino-alcohol motifs (C(OH)–C–C–N with tert-alkyl or cyclic N) is 1. The summed E-state index contributed by atoms with van der Waals surface area (Å²) in [4.78, 5) is 5.03. The number of anilines is 1. The van der Waals surface area contributed by atoms with Crippen molar-refractivity contribution in [2.24, 2.45) is 0 Å². The Hall–Kier alpha value is -3.07. The Kier molecular flexibility index (Phi) is 7.95. The predicted octanol–water partition coefficient (Wildman–Crippen LogP) is 3.40. The highest BCUT2D eigenvalue weighted by Crippen LogP contribution is 2.24. The highest BCUT2D eigenvalue weighted by atomic mass is 32.2. The first-order chi connectivity index (χ1) is 16.8. The molecule has 1 unspecified atom stereocenters. The van der Waals surface area contributed by atoms with Crippen molar-refractivity contribution in [3.05, 3.63) is 78.4 Å². The first-order valence-electron chi connectivity index (χ1n) is 11.7. The van der Waals surface area contributed by atoms with Gasteiger partial charge in [-0.15, -0.1) is 0 Å². The molecular weight excluding hydrogens is 464 g/mol. The van der Waals surface area contributed by atoms with Gasteiger partial charge in [-0.25, -0.2) is 8.42 Å². The maximum Gasteiger partial charge on any atom is 0.206 e. The fraction of sp³-hybridized carbons (Fsp3) is 0.333. The van der Waals surface area contributed by atoms with Crippen LogP contribution in [0, 0.1) is 6.92 Å². The van der Waals surface area contributed by atoms with Crippen molar-refractivity contribution >= 4 is 15.5 Å². The maximum atomic E-state index is 12.8. The Balaban J connectivity index is 1.24. The van der Waals surface area contributed by atoms with Gasteiger partial charge in [-0.1, -0.05) is 17.7 Å². The van der Waals surface area contributed by atoms with Crippen molar-refractivity contribution in [1.29, 1.82) is 0 Å². The van der Waals surface area contributed by atoms with Crippen LogP contribution in [0.4, 0.5) is 5.69 Å². The van der Waals surface area contributed by atoms with E-state index < -0.39 is 15.9 Å². The summed E-state index contributed by atoms with van der Waals surface area (Å²) < 4.78 is 36.5. The first kappa shape index (κ1) is 25.0. The minimum atomic E-state index is -3.57. The lowest BCUT2D eigenvalue weighted by Crippen LogP contribution is -2.49. The predicted molar refractivity (Wildman–Crippen MR) is 136 cm³/mol. The summed E-state index contributed by atoms with van der Waals surface area (Å²) in [5, 5.41) is 10.5. The van der Waals surface area contributed by atoms with Crippen LogP contribution >= 0.6 is 0 Å². The standard InChI is InChI=1S/C27H32N2O5S/c1-21-3-11-26(12-4-21)35(31,32)27-13-9-25(10-14-27)34-20-23(30)19-28-15-17-29(18-16-28)22-5-7-24(33-2)8-6-22/h3-14,23,30H,15-20H2,1-2H3. The molecule has 0 spiro atoms. The molecule has 0 bridgehead atoms. The normalized spacial score (nSPS) is 15.6. The van der Waals surface area contributed by atoms with Gasteiger partial charge in [-0.05, 0) is 67.6 Å². The van der Waals surface area contributed by atoms with Gasteiger partial charge < -0.3 is 19.5 Å².